The van der Waals surface area contributed by atoms with Crippen molar-refractivity contribution in [1.82, 2.24) is 14.3 Å². The Kier molecular flexibility index (Phi) is 5.70. The maximum Gasteiger partial charge on any atom is 0.330 e. The number of carbonyl (C=O) groups is 3. The van der Waals surface area contributed by atoms with Crippen LogP contribution in [0.25, 0.3) is 5.65 Å². The first-order valence-electron chi connectivity index (χ1n) is 11.1. The van der Waals surface area contributed by atoms with E-state index in [-0.39, 0.29) is 35.4 Å². The highest BCUT2D eigenvalue weighted by molar-refractivity contribution is 6.22. The van der Waals surface area contributed by atoms with Crippen molar-refractivity contribution in [2.75, 3.05) is 0 Å². The molecule has 1 atom stereocenters. The second kappa shape index (κ2) is 8.98. The van der Waals surface area contributed by atoms with Crippen molar-refractivity contribution in [3.8, 4) is 0 Å². The Bertz CT molecular complexity index is 1490. The molecule has 1 aliphatic heterocycles. The van der Waals surface area contributed by atoms with Crippen LogP contribution in [0.2, 0.25) is 0 Å². The number of esters is 1. The van der Waals surface area contributed by atoms with E-state index in [2.05, 4.69) is 4.98 Å². The van der Waals surface area contributed by atoms with Gasteiger partial charge in [-0.15, -0.1) is 0 Å². The molecule has 0 fully saturated rings. The van der Waals surface area contributed by atoms with Gasteiger partial charge in [0.05, 0.1) is 16.8 Å². The number of pyridine rings is 1. The van der Waals surface area contributed by atoms with Crippen molar-refractivity contribution in [3.05, 3.63) is 117 Å². The number of rotatable bonds is 6. The third kappa shape index (κ3) is 4.21. The van der Waals surface area contributed by atoms with Gasteiger partial charge in [-0.3, -0.25) is 23.7 Å². The first kappa shape index (κ1) is 22.2. The molecule has 8 heteroatoms. The zero-order valence-corrected chi connectivity index (χ0v) is 18.9. The molecule has 0 radical (unpaired) electrons. The predicted octanol–water partition coefficient (Wildman–Crippen LogP) is 2.95. The van der Waals surface area contributed by atoms with E-state index in [9.17, 15) is 19.2 Å². The van der Waals surface area contributed by atoms with E-state index in [1.807, 2.05) is 43.3 Å². The molecule has 1 aliphatic rings. The molecule has 174 valence electrons. The van der Waals surface area contributed by atoms with Crippen LogP contribution in [0.1, 0.15) is 37.5 Å². The van der Waals surface area contributed by atoms with Gasteiger partial charge < -0.3 is 4.74 Å². The Labute approximate surface area is 200 Å². The van der Waals surface area contributed by atoms with Gasteiger partial charge in [0.1, 0.15) is 18.3 Å². The van der Waals surface area contributed by atoms with Crippen LogP contribution < -0.4 is 5.56 Å². The number of benzene rings is 2. The summed E-state index contributed by atoms with van der Waals surface area (Å²) in [5.41, 5.74) is 2.58. The number of imide groups is 1. The molecule has 0 aliphatic carbocycles. The van der Waals surface area contributed by atoms with Gasteiger partial charge in [0.15, 0.2) is 0 Å². The zero-order valence-electron chi connectivity index (χ0n) is 18.9. The van der Waals surface area contributed by atoms with Crippen LogP contribution in [0.3, 0.4) is 0 Å². The molecule has 5 rings (SSSR count). The second-order valence-corrected chi connectivity index (χ2v) is 8.36. The summed E-state index contributed by atoms with van der Waals surface area (Å²) < 4.78 is 6.92. The van der Waals surface area contributed by atoms with E-state index in [0.717, 1.165) is 16.0 Å². The number of ether oxygens (including phenoxy) is 1. The summed E-state index contributed by atoms with van der Waals surface area (Å²) in [5, 5.41) is 0. The quantitative estimate of drug-likeness (QED) is 0.319. The lowest BCUT2D eigenvalue weighted by atomic mass is 10.0. The normalized spacial score (nSPS) is 13.7. The fraction of sp³-hybridized carbons (Fsp3) is 0.148. The lowest BCUT2D eigenvalue weighted by Gasteiger charge is -2.24. The largest absolute Gasteiger partial charge is 0.458 e. The van der Waals surface area contributed by atoms with Gasteiger partial charge >= 0.3 is 5.97 Å². The Morgan fingerprint density at radius 2 is 1.57 bits per heavy atom. The smallest absolute Gasteiger partial charge is 0.330 e. The molecule has 0 bridgehead atoms. The standard InChI is InChI=1S/C27H21N3O5/c1-17-11-12-23-28-19(14-24(31)29(23)15-17)16-35-27(34)22(13-18-7-3-2-4-8-18)30-25(32)20-9-5-6-10-21(20)26(30)33/h2-12,14-15,22H,13,16H2,1H3/t22-/m0/s1. The minimum absolute atomic E-state index is 0.0955. The number of carbonyl (C=O) groups excluding carboxylic acids is 3. The lowest BCUT2D eigenvalue weighted by molar-refractivity contribution is -0.149. The summed E-state index contributed by atoms with van der Waals surface area (Å²) in [7, 11) is 0. The van der Waals surface area contributed by atoms with E-state index >= 15 is 0 Å². The van der Waals surface area contributed by atoms with Crippen molar-refractivity contribution in [3.63, 3.8) is 0 Å². The van der Waals surface area contributed by atoms with Crippen molar-refractivity contribution in [1.29, 1.82) is 0 Å². The summed E-state index contributed by atoms with van der Waals surface area (Å²) in [5.74, 6) is -1.84. The van der Waals surface area contributed by atoms with E-state index in [1.54, 1.807) is 36.5 Å². The zero-order chi connectivity index (χ0) is 24.5. The molecule has 0 unspecified atom stereocenters. The first-order chi connectivity index (χ1) is 16.9. The number of hydrogen-bond acceptors (Lipinski definition) is 6. The summed E-state index contributed by atoms with van der Waals surface area (Å²) in [6.45, 7) is 1.60. The SMILES string of the molecule is Cc1ccc2nc(COC(=O)[C@H](Cc3ccccc3)N3C(=O)c4ccccc4C3=O)cc(=O)n2c1. The molecule has 0 saturated heterocycles. The monoisotopic (exact) mass is 467 g/mol. The molecule has 3 heterocycles. The number of amides is 2. The number of aromatic nitrogens is 2. The second-order valence-electron chi connectivity index (χ2n) is 8.36. The van der Waals surface area contributed by atoms with Gasteiger partial charge in [0.2, 0.25) is 0 Å². The molecule has 0 spiro atoms. The van der Waals surface area contributed by atoms with Crippen molar-refractivity contribution in [2.24, 2.45) is 0 Å². The fourth-order valence-electron chi connectivity index (χ4n) is 4.18. The molecule has 2 amide bonds. The van der Waals surface area contributed by atoms with Gasteiger partial charge in [0.25, 0.3) is 17.4 Å². The minimum atomic E-state index is -1.17. The highest BCUT2D eigenvalue weighted by atomic mass is 16.5. The molecule has 2 aromatic carbocycles. The summed E-state index contributed by atoms with van der Waals surface area (Å²) in [6.07, 6.45) is 1.77. The number of fused-ring (bicyclic) bond motifs is 2. The van der Waals surface area contributed by atoms with Gasteiger partial charge in [-0.1, -0.05) is 48.5 Å². The highest BCUT2D eigenvalue weighted by Gasteiger charge is 2.43. The predicted molar refractivity (Wildman–Crippen MR) is 127 cm³/mol. The van der Waals surface area contributed by atoms with Gasteiger partial charge in [-0.2, -0.15) is 0 Å². The van der Waals surface area contributed by atoms with E-state index < -0.39 is 23.8 Å². The molecular weight excluding hydrogens is 446 g/mol. The van der Waals surface area contributed by atoms with Gasteiger partial charge in [-0.05, 0) is 36.2 Å². The van der Waals surface area contributed by atoms with Crippen LogP contribution in [0, 0.1) is 6.92 Å². The van der Waals surface area contributed by atoms with E-state index in [4.69, 9.17) is 4.74 Å². The summed E-state index contributed by atoms with van der Waals surface area (Å²) in [6, 6.07) is 19.2. The van der Waals surface area contributed by atoms with Gasteiger partial charge in [0, 0.05) is 18.7 Å². The first-order valence-corrected chi connectivity index (χ1v) is 11.1. The molecular formula is C27H21N3O5. The topological polar surface area (TPSA) is 98.0 Å². The maximum absolute atomic E-state index is 13.3. The summed E-state index contributed by atoms with van der Waals surface area (Å²) >= 11 is 0. The van der Waals surface area contributed by atoms with Crippen LogP contribution in [-0.2, 0) is 22.6 Å². The fourth-order valence-corrected chi connectivity index (χ4v) is 4.18. The average molecular weight is 467 g/mol. The molecule has 8 nitrogen and oxygen atoms in total. The maximum atomic E-state index is 13.3. The third-order valence-electron chi connectivity index (χ3n) is 5.90. The van der Waals surface area contributed by atoms with E-state index in [1.165, 1.54) is 10.5 Å². The lowest BCUT2D eigenvalue weighted by Crippen LogP contribution is -2.47. The molecule has 0 N–H and O–H groups in total. The van der Waals surface area contributed by atoms with Crippen molar-refractivity contribution >= 4 is 23.4 Å². The van der Waals surface area contributed by atoms with E-state index in [0.29, 0.717) is 5.65 Å². The molecule has 35 heavy (non-hydrogen) atoms. The minimum Gasteiger partial charge on any atom is -0.458 e. The van der Waals surface area contributed by atoms with Crippen LogP contribution in [0.15, 0.2) is 83.8 Å². The average Bonchev–Trinajstić information content (AvgIpc) is 3.12. The van der Waals surface area contributed by atoms with Crippen LogP contribution in [0.5, 0.6) is 0 Å². The number of aryl methyl sites for hydroxylation is 1. The third-order valence-corrected chi connectivity index (χ3v) is 5.90. The Morgan fingerprint density at radius 3 is 2.26 bits per heavy atom. The number of hydrogen-bond donors (Lipinski definition) is 0. The summed E-state index contributed by atoms with van der Waals surface area (Å²) in [4.78, 5) is 57.2. The Hall–Kier alpha value is -4.59. The van der Waals surface area contributed by atoms with Crippen molar-refractivity contribution < 1.29 is 19.1 Å². The van der Waals surface area contributed by atoms with Crippen molar-refractivity contribution in [2.45, 2.75) is 26.0 Å². The molecule has 4 aromatic rings. The molecule has 0 saturated carbocycles. The van der Waals surface area contributed by atoms with Gasteiger partial charge in [-0.25, -0.2) is 9.78 Å². The Balaban J connectivity index is 1.42. The van der Waals surface area contributed by atoms with Crippen LogP contribution >= 0.6 is 0 Å². The van der Waals surface area contributed by atoms with Crippen LogP contribution in [-0.4, -0.2) is 38.1 Å². The number of nitrogens with zero attached hydrogens (tertiary/aromatic N) is 3. The highest BCUT2D eigenvalue weighted by Crippen LogP contribution is 2.26. The molecule has 2 aromatic heterocycles. The Morgan fingerprint density at radius 1 is 0.914 bits per heavy atom. The van der Waals surface area contributed by atoms with Crippen LogP contribution in [0.4, 0.5) is 0 Å².